The highest BCUT2D eigenvalue weighted by atomic mass is 79.9. The fourth-order valence-electron chi connectivity index (χ4n) is 0.218. The van der Waals surface area contributed by atoms with Gasteiger partial charge in [-0.1, -0.05) is 15.9 Å². The fraction of sp³-hybridized carbons (Fsp3) is 0.500. The van der Waals surface area contributed by atoms with E-state index in [0.717, 1.165) is 10.2 Å². The summed E-state index contributed by atoms with van der Waals surface area (Å²) in [5.41, 5.74) is 1.07. The molecular weight excluding hydrogens is 166 g/mol. The smallest absolute Gasteiger partial charge is 0.0365 e. The highest BCUT2D eigenvalue weighted by Gasteiger charge is 1.74. The zero-order valence-electron chi connectivity index (χ0n) is 5.40. The zero-order valence-corrected chi connectivity index (χ0v) is 6.99. The SMILES string of the molecule is CC(C)=N/C=C(\C)Br. The first-order valence-electron chi connectivity index (χ1n) is 2.46. The molecule has 0 atom stereocenters. The minimum atomic E-state index is 1.05. The van der Waals surface area contributed by atoms with E-state index in [-0.39, 0.29) is 0 Å². The number of halogens is 1. The van der Waals surface area contributed by atoms with Gasteiger partial charge in [-0.05, 0) is 20.8 Å². The maximum absolute atomic E-state index is 4.03. The lowest BCUT2D eigenvalue weighted by atomic mass is 10.5. The van der Waals surface area contributed by atoms with Crippen LogP contribution in [0.3, 0.4) is 0 Å². The van der Waals surface area contributed by atoms with Crippen molar-refractivity contribution >= 4 is 21.6 Å². The first-order valence-corrected chi connectivity index (χ1v) is 3.25. The number of hydrogen-bond acceptors (Lipinski definition) is 1. The molecule has 0 aliphatic rings. The molecule has 0 fully saturated rings. The molecule has 0 unspecified atom stereocenters. The predicted octanol–water partition coefficient (Wildman–Crippen LogP) is 2.72. The fourth-order valence-corrected chi connectivity index (χ4v) is 0.320. The summed E-state index contributed by atoms with van der Waals surface area (Å²) in [4.78, 5) is 4.03. The van der Waals surface area contributed by atoms with Crippen molar-refractivity contribution in [2.24, 2.45) is 4.99 Å². The monoisotopic (exact) mass is 175 g/mol. The summed E-state index contributed by atoms with van der Waals surface area (Å²) in [6.07, 6.45) is 1.79. The minimum absolute atomic E-state index is 1.05. The van der Waals surface area contributed by atoms with E-state index in [0.29, 0.717) is 0 Å². The number of rotatable bonds is 1. The Morgan fingerprint density at radius 1 is 1.38 bits per heavy atom. The van der Waals surface area contributed by atoms with Crippen molar-refractivity contribution < 1.29 is 0 Å². The normalized spacial score (nSPS) is 11.2. The molecular formula is C6H10BrN. The van der Waals surface area contributed by atoms with Gasteiger partial charge in [0.1, 0.15) is 0 Å². The largest absolute Gasteiger partial charge is 0.265 e. The van der Waals surface area contributed by atoms with E-state index in [1.807, 2.05) is 20.8 Å². The molecule has 0 bridgehead atoms. The highest BCUT2D eigenvalue weighted by molar-refractivity contribution is 9.11. The van der Waals surface area contributed by atoms with Crippen LogP contribution in [-0.4, -0.2) is 5.71 Å². The van der Waals surface area contributed by atoms with Crippen molar-refractivity contribution in [2.75, 3.05) is 0 Å². The number of nitrogens with zero attached hydrogens (tertiary/aromatic N) is 1. The standard InChI is InChI=1S/C6H10BrN/c1-5(2)8-4-6(3)7/h4H,1-3H3/b6-4+. The molecule has 8 heavy (non-hydrogen) atoms. The van der Waals surface area contributed by atoms with Crippen molar-refractivity contribution in [3.05, 3.63) is 10.7 Å². The summed E-state index contributed by atoms with van der Waals surface area (Å²) < 4.78 is 1.05. The molecule has 0 aromatic carbocycles. The van der Waals surface area contributed by atoms with Gasteiger partial charge in [0, 0.05) is 16.4 Å². The first-order chi connectivity index (χ1) is 3.63. The average Bonchev–Trinajstić information content (AvgIpc) is 1.61. The van der Waals surface area contributed by atoms with Crippen LogP contribution in [0.4, 0.5) is 0 Å². The van der Waals surface area contributed by atoms with Gasteiger partial charge in [0.2, 0.25) is 0 Å². The summed E-state index contributed by atoms with van der Waals surface area (Å²) >= 11 is 3.26. The quantitative estimate of drug-likeness (QED) is 0.544. The average molecular weight is 176 g/mol. The third-order valence-corrected chi connectivity index (χ3v) is 0.705. The lowest BCUT2D eigenvalue weighted by Gasteiger charge is -1.82. The molecule has 0 radical (unpaired) electrons. The van der Waals surface area contributed by atoms with Crippen LogP contribution in [0.1, 0.15) is 20.8 Å². The summed E-state index contributed by atoms with van der Waals surface area (Å²) in [7, 11) is 0. The summed E-state index contributed by atoms with van der Waals surface area (Å²) in [5, 5.41) is 0. The van der Waals surface area contributed by atoms with Crippen molar-refractivity contribution in [3.63, 3.8) is 0 Å². The zero-order chi connectivity index (χ0) is 6.57. The molecule has 0 heterocycles. The van der Waals surface area contributed by atoms with Gasteiger partial charge in [-0.25, -0.2) is 0 Å². The van der Waals surface area contributed by atoms with Gasteiger partial charge in [0.05, 0.1) is 0 Å². The Kier molecular flexibility index (Phi) is 3.79. The predicted molar refractivity (Wildman–Crippen MR) is 41.5 cm³/mol. The topological polar surface area (TPSA) is 12.4 Å². The maximum atomic E-state index is 4.03. The number of allylic oxidation sites excluding steroid dienone is 1. The van der Waals surface area contributed by atoms with E-state index in [4.69, 9.17) is 0 Å². The van der Waals surface area contributed by atoms with Crippen LogP contribution in [0.25, 0.3) is 0 Å². The van der Waals surface area contributed by atoms with Gasteiger partial charge in [-0.15, -0.1) is 0 Å². The molecule has 0 aliphatic carbocycles. The van der Waals surface area contributed by atoms with Gasteiger partial charge >= 0.3 is 0 Å². The van der Waals surface area contributed by atoms with Crippen LogP contribution in [0.2, 0.25) is 0 Å². The Bertz CT molecular complexity index is 100. The lowest BCUT2D eigenvalue weighted by Crippen LogP contribution is -1.75. The van der Waals surface area contributed by atoms with Crippen molar-refractivity contribution in [1.82, 2.24) is 0 Å². The van der Waals surface area contributed by atoms with E-state index in [9.17, 15) is 0 Å². The van der Waals surface area contributed by atoms with Crippen LogP contribution >= 0.6 is 15.9 Å². The van der Waals surface area contributed by atoms with Crippen molar-refractivity contribution in [2.45, 2.75) is 20.8 Å². The first kappa shape index (κ1) is 7.89. The van der Waals surface area contributed by atoms with Crippen LogP contribution in [0.5, 0.6) is 0 Å². The maximum Gasteiger partial charge on any atom is 0.0365 e. The number of hydrogen-bond donors (Lipinski definition) is 0. The van der Waals surface area contributed by atoms with Gasteiger partial charge in [0.25, 0.3) is 0 Å². The molecule has 0 aromatic heterocycles. The second-order valence-corrected chi connectivity index (χ2v) is 3.04. The molecule has 0 saturated carbocycles. The van der Waals surface area contributed by atoms with E-state index in [2.05, 4.69) is 20.9 Å². The van der Waals surface area contributed by atoms with E-state index < -0.39 is 0 Å². The molecule has 1 nitrogen and oxygen atoms in total. The Labute approximate surface area is 58.6 Å². The molecule has 2 heteroatoms. The molecule has 46 valence electrons. The van der Waals surface area contributed by atoms with E-state index >= 15 is 0 Å². The lowest BCUT2D eigenvalue weighted by molar-refractivity contribution is 1.46. The molecule has 0 N–H and O–H groups in total. The Balaban J connectivity index is 3.76. The van der Waals surface area contributed by atoms with Crippen molar-refractivity contribution in [1.29, 1.82) is 0 Å². The third-order valence-electron chi connectivity index (χ3n) is 0.501. The summed E-state index contributed by atoms with van der Waals surface area (Å²) in [6.45, 7) is 5.88. The van der Waals surface area contributed by atoms with Gasteiger partial charge in [-0.3, -0.25) is 4.99 Å². The Hall–Kier alpha value is -0.110. The molecule has 0 aromatic rings. The molecule has 0 amide bonds. The van der Waals surface area contributed by atoms with Crippen LogP contribution < -0.4 is 0 Å². The summed E-state index contributed by atoms with van der Waals surface area (Å²) in [5.74, 6) is 0. The van der Waals surface area contributed by atoms with Crippen molar-refractivity contribution in [3.8, 4) is 0 Å². The highest BCUT2D eigenvalue weighted by Crippen LogP contribution is 2.00. The van der Waals surface area contributed by atoms with Crippen LogP contribution in [0.15, 0.2) is 15.7 Å². The second-order valence-electron chi connectivity index (χ2n) is 1.79. The molecule has 0 saturated heterocycles. The minimum Gasteiger partial charge on any atom is -0.265 e. The molecule has 0 aliphatic heterocycles. The van der Waals surface area contributed by atoms with Crippen LogP contribution in [0, 0.1) is 0 Å². The van der Waals surface area contributed by atoms with E-state index in [1.54, 1.807) is 6.20 Å². The molecule has 0 rings (SSSR count). The van der Waals surface area contributed by atoms with Crippen LogP contribution in [-0.2, 0) is 0 Å². The van der Waals surface area contributed by atoms with Gasteiger partial charge in [-0.2, -0.15) is 0 Å². The molecule has 0 spiro atoms. The number of aliphatic imine (C=N–C) groups is 1. The summed E-state index contributed by atoms with van der Waals surface area (Å²) in [6, 6.07) is 0. The second kappa shape index (κ2) is 3.84. The third kappa shape index (κ3) is 5.89. The Morgan fingerprint density at radius 2 is 1.88 bits per heavy atom. The van der Waals surface area contributed by atoms with E-state index in [1.165, 1.54) is 0 Å². The van der Waals surface area contributed by atoms with Gasteiger partial charge < -0.3 is 0 Å². The van der Waals surface area contributed by atoms with Gasteiger partial charge in [0.15, 0.2) is 0 Å². The Morgan fingerprint density at radius 3 is 2.00 bits per heavy atom.